The van der Waals surface area contributed by atoms with Crippen LogP contribution in [0.25, 0.3) is 0 Å². The number of halogens is 1. The number of ether oxygens (including phenoxy) is 13. The minimum Gasteiger partial charge on any atom is -1.00 e. The molecule has 0 aromatic heterocycles. The fourth-order valence-electron chi connectivity index (χ4n) is 11.5. The number of nitrogens with zero attached hydrogens (tertiary/aromatic N) is 3. The number of alkyl carbamates (subject to hydrolysis) is 3. The summed E-state index contributed by atoms with van der Waals surface area (Å²) >= 11 is 3.91. The largest absolute Gasteiger partial charge is 2.00 e. The first-order chi connectivity index (χ1) is 49.1. The molecule has 0 saturated carbocycles. The Balaban J connectivity index is 0.000000315. The zero-order chi connectivity index (χ0) is 77.8. The molecule has 0 spiro atoms. The summed E-state index contributed by atoms with van der Waals surface area (Å²) < 4.78 is 73.7. The van der Waals surface area contributed by atoms with Crippen molar-refractivity contribution in [1.82, 2.24) is 16.0 Å². The van der Waals surface area contributed by atoms with Crippen LogP contribution in [-0.4, -0.2) is 225 Å². The number of amides is 3. The number of amidine groups is 3. The van der Waals surface area contributed by atoms with Gasteiger partial charge in [0.05, 0.1) is 84.4 Å². The zero-order valence-corrected chi connectivity index (χ0v) is 72.9. The second kappa shape index (κ2) is 43.7. The van der Waals surface area contributed by atoms with E-state index in [1.165, 1.54) is 48.1 Å². The van der Waals surface area contributed by atoms with E-state index >= 15 is 0 Å². The molecule has 7 heterocycles. The molecule has 25 nitrogen and oxygen atoms in total. The van der Waals surface area contributed by atoms with Gasteiger partial charge in [0.1, 0.15) is 80.9 Å². The topological polar surface area (TPSA) is 302 Å². The van der Waals surface area contributed by atoms with Gasteiger partial charge in [-0.1, -0.05) is 132 Å². The molecule has 107 heavy (non-hydrogen) atoms. The second-order valence-electron chi connectivity index (χ2n) is 32.0. The fraction of sp³-hybridized carbons (Fsp3) is 0.653. The summed E-state index contributed by atoms with van der Waals surface area (Å²) in [6.07, 6.45) is -1.18. The van der Waals surface area contributed by atoms with Crippen LogP contribution in [0.2, 0.25) is 45.3 Å². The predicted molar refractivity (Wildman–Crippen MR) is 425 cm³/mol. The Bertz CT molecular complexity index is 3310. The molecule has 3 aromatic rings. The Kier molecular flexibility index (Phi) is 38.8. The number of rotatable bonds is 17. The van der Waals surface area contributed by atoms with Crippen molar-refractivity contribution in [1.29, 1.82) is 0 Å². The summed E-state index contributed by atoms with van der Waals surface area (Å²) in [6, 6.07) is 22.8. The monoisotopic (exact) mass is 1620 g/mol. The number of carbonyl (C=O) groups is 4. The number of aliphatic hydroxyl groups is 2. The van der Waals surface area contributed by atoms with Gasteiger partial charge in [-0.25, -0.2) is 14.4 Å². The molecular weight excluding hydrogens is 1500 g/mol. The van der Waals surface area contributed by atoms with Crippen LogP contribution in [-0.2, 0) is 72.0 Å². The molecule has 596 valence electrons. The molecule has 0 aliphatic carbocycles. The molecule has 5 N–H and O–H groups in total. The zero-order valence-electron chi connectivity index (χ0n) is 66.3. The maximum atomic E-state index is 12.3. The number of aliphatic hydroxyl groups excluding tert-OH is 2. The van der Waals surface area contributed by atoms with Crippen LogP contribution in [0.15, 0.2) is 87.8 Å². The van der Waals surface area contributed by atoms with Gasteiger partial charge in [0.25, 0.3) is 0 Å². The first-order valence-electron chi connectivity index (χ1n) is 35.8. The molecule has 3 aromatic carbocycles. The maximum Gasteiger partial charge on any atom is 2.00 e. The molecule has 16 atom stereocenters. The van der Waals surface area contributed by atoms with Gasteiger partial charge in [0.15, 0.2) is 15.5 Å². The first kappa shape index (κ1) is 95.1. The summed E-state index contributed by atoms with van der Waals surface area (Å²) in [7, 11) is 2.50. The number of benzene rings is 3. The van der Waals surface area contributed by atoms with Crippen LogP contribution in [0.3, 0.4) is 0 Å². The van der Waals surface area contributed by atoms with Gasteiger partial charge in [0, 0.05) is 39.0 Å². The number of aldehydes is 1. The SMILES string of the molecule is C1CCOC1.COc1ccc(CO[C@H]2[C@H](C)[C@@H](C(O)C[Si](C)(C)C)O[C@@H]3SC(NC(=O)OC(C)(C)C)=N[C@H]23)cc1.COc1ccc(CO[C@H]2[C@H](C)[C@@H](C=O)O[C@@H]3SC(NC(=O)OC(C)(C)C)=N[C@H]23)cc1.COc1ccc(CO[C@H]2[C@H](C)[C@@H](CO)O[C@@H]3SC(NC(=O)OC(C)(C)C)=N[C@H]23)cc1.[CH2-][Si](C)(C)C.[Cl-].[Mg+2]. The summed E-state index contributed by atoms with van der Waals surface area (Å²) in [5.41, 5.74) is 0.0629. The predicted octanol–water partition coefficient (Wildman–Crippen LogP) is 9.82. The van der Waals surface area contributed by atoms with Crippen molar-refractivity contribution in [3.05, 3.63) is 96.0 Å². The van der Waals surface area contributed by atoms with E-state index in [9.17, 15) is 29.4 Å². The number of nitrogens with one attached hydrogen (secondary N) is 3. The molecular formula is C75H117ClMgN6O19S3Si2. The fourth-order valence-corrected chi connectivity index (χ4v) is 16.3. The third kappa shape index (κ3) is 32.8. The molecule has 3 amide bonds. The number of carbonyl (C=O) groups excluding carboxylic acids is 4. The van der Waals surface area contributed by atoms with Crippen molar-refractivity contribution in [3.63, 3.8) is 0 Å². The van der Waals surface area contributed by atoms with Gasteiger partial charge < -0.3 is 95.5 Å². The second-order valence-corrected chi connectivity index (χ2v) is 45.9. The quantitative estimate of drug-likeness (QED) is 0.0363. The molecule has 0 radical (unpaired) electrons. The molecule has 1 unspecified atom stereocenters. The Labute approximate surface area is 671 Å². The number of thioether (sulfide) groups is 3. The van der Waals surface area contributed by atoms with Crippen molar-refractivity contribution >= 4 is 115 Å². The van der Waals surface area contributed by atoms with Crippen LogP contribution in [0, 0.1) is 24.3 Å². The van der Waals surface area contributed by atoms with E-state index in [0.717, 1.165) is 59.5 Å². The number of methoxy groups -OCH3 is 3. The van der Waals surface area contributed by atoms with E-state index in [0.29, 0.717) is 35.3 Å². The van der Waals surface area contributed by atoms with Gasteiger partial charge >= 0.3 is 41.3 Å². The summed E-state index contributed by atoms with van der Waals surface area (Å²) in [4.78, 5) is 62.0. The molecule has 4 saturated heterocycles. The number of hydrogen-bond donors (Lipinski definition) is 5. The minimum atomic E-state index is -1.52. The Morgan fingerprint density at radius 3 is 1.17 bits per heavy atom. The molecule has 7 aliphatic heterocycles. The van der Waals surface area contributed by atoms with Crippen molar-refractivity contribution in [2.45, 2.75) is 255 Å². The average Bonchev–Trinajstić information content (AvgIpc) is 1.71. The number of aliphatic imine (C=N–C) groups is 3. The Morgan fingerprint density at radius 1 is 0.561 bits per heavy atom. The summed E-state index contributed by atoms with van der Waals surface area (Å²) in [5, 5.41) is 30.2. The van der Waals surface area contributed by atoms with E-state index in [-0.39, 0.29) is 119 Å². The van der Waals surface area contributed by atoms with E-state index in [4.69, 9.17) is 66.6 Å². The molecule has 0 bridgehead atoms. The van der Waals surface area contributed by atoms with Gasteiger partial charge in [-0.05, 0) is 134 Å². The van der Waals surface area contributed by atoms with Gasteiger partial charge in [-0.3, -0.25) is 30.9 Å². The number of fused-ring (bicyclic) bond motifs is 3. The smallest absolute Gasteiger partial charge is 1.00 e. The number of hydrogen-bond acceptors (Lipinski definition) is 25. The third-order valence-electron chi connectivity index (χ3n) is 16.4. The molecule has 32 heteroatoms. The maximum absolute atomic E-state index is 12.3. The van der Waals surface area contributed by atoms with Crippen molar-refractivity contribution in [2.24, 2.45) is 32.7 Å². The first-order valence-corrected chi connectivity index (χ1v) is 45.8. The van der Waals surface area contributed by atoms with E-state index in [1.807, 2.05) is 114 Å². The van der Waals surface area contributed by atoms with Crippen molar-refractivity contribution in [3.8, 4) is 17.2 Å². The Hall–Kier alpha value is -4.27. The minimum absolute atomic E-state index is 0. The van der Waals surface area contributed by atoms with Crippen LogP contribution in [0.4, 0.5) is 14.4 Å². The van der Waals surface area contributed by atoms with Gasteiger partial charge in [-0.2, -0.15) is 0 Å². The van der Waals surface area contributed by atoms with Gasteiger partial charge in [0.2, 0.25) is 0 Å². The normalized spacial score (nSPS) is 26.6. The van der Waals surface area contributed by atoms with Gasteiger partial charge in [-0.15, -0.1) is 8.07 Å². The van der Waals surface area contributed by atoms with Crippen LogP contribution in [0.5, 0.6) is 17.2 Å². The third-order valence-corrected chi connectivity index (χ3v) is 21.2. The van der Waals surface area contributed by atoms with Crippen LogP contribution in [0.1, 0.15) is 113 Å². The van der Waals surface area contributed by atoms with Crippen LogP contribution >= 0.6 is 35.3 Å². The average molecular weight is 1620 g/mol. The van der Waals surface area contributed by atoms with E-state index in [1.54, 1.807) is 62.9 Å². The van der Waals surface area contributed by atoms with Crippen LogP contribution < -0.4 is 42.6 Å². The molecule has 10 rings (SSSR count). The summed E-state index contributed by atoms with van der Waals surface area (Å²) in [6.45, 7) is 42.5. The summed E-state index contributed by atoms with van der Waals surface area (Å²) in [5.74, 6) is 2.00. The Morgan fingerprint density at radius 2 is 0.879 bits per heavy atom. The molecule has 4 fully saturated rings. The van der Waals surface area contributed by atoms with Crippen molar-refractivity contribution in [2.75, 3.05) is 41.2 Å². The van der Waals surface area contributed by atoms with E-state index in [2.05, 4.69) is 71.8 Å². The van der Waals surface area contributed by atoms with E-state index < -0.39 is 68.9 Å². The standard InChI is InChI=1S/C25H40N2O6SSi.C21H30N2O6S.C21H28N2O6S.C4H8O.C4H11Si.ClH.Mg/c1-15-20(18(28)14-35(6,7)8)32-22-19(26-23(34-22)27-24(29)33-25(2,3)4)21(15)31-13-16-9-11-17(30-5)12-10-16;2*1-12-15(10-24)28-18-16(22-19(30-18)23-20(25)29-21(2,3)4)17(12)27-11-13-6-8-14(26-5)9-7-13;1-2-4-5-3-1;1-5(2,3)4;;/h9-12,15,18-22,28H,13-14H2,1-8H3,(H,26,27,29);6-9,12,15-18,24H,10-11H2,1-5H3,(H,22,23,25);6-10,12,15-18H,11H2,1-5H3,(H,22,23,25);1-4H2;1H2,2-4H3;1H;/q;;;;-1;;+2/p-1/t15-,18?,19-,20+,21+,22-;2*12-,15-,16-,17+,18-;;;;/m111..../s1. The van der Waals surface area contributed by atoms with Crippen molar-refractivity contribution < 1.29 is 103 Å². The molecule has 7 aliphatic rings.